The van der Waals surface area contributed by atoms with Gasteiger partial charge >= 0.3 is 0 Å². The average Bonchev–Trinajstić information content (AvgIpc) is 2.78. The van der Waals surface area contributed by atoms with Gasteiger partial charge in [-0.25, -0.2) is 17.9 Å². The van der Waals surface area contributed by atoms with Gasteiger partial charge in [-0.15, -0.1) is 5.10 Å². The van der Waals surface area contributed by atoms with Crippen LogP contribution in [0.25, 0.3) is 5.69 Å². The summed E-state index contributed by atoms with van der Waals surface area (Å²) in [5, 5.41) is 7.42. The van der Waals surface area contributed by atoms with Crippen LogP contribution in [0.1, 0.15) is 17.7 Å². The van der Waals surface area contributed by atoms with E-state index in [2.05, 4.69) is 10.3 Å². The maximum Gasteiger partial charge on any atom is 0.266 e. The quantitative estimate of drug-likeness (QED) is 0.892. The number of halogens is 3. The lowest BCUT2D eigenvalue weighted by Crippen LogP contribution is -1.99. The van der Waals surface area contributed by atoms with E-state index in [-0.39, 0.29) is 6.54 Å². The van der Waals surface area contributed by atoms with Gasteiger partial charge in [0, 0.05) is 6.54 Å². The predicted octanol–water partition coefficient (Wildman–Crippen LogP) is 1.80. The number of hydrogen-bond donors (Lipinski definition) is 1. The van der Waals surface area contributed by atoms with Gasteiger partial charge in [-0.2, -0.15) is 0 Å². The van der Waals surface area contributed by atoms with Gasteiger partial charge in [-0.1, -0.05) is 5.21 Å². The molecule has 4 nitrogen and oxygen atoms in total. The standard InChI is InChI=1S/C10H9F3N4/c11-9-2-1-7(3-8(9)10(12)13)17-5-6(4-14)15-16-17/h1-3,5,10H,4,14H2. The molecule has 0 saturated heterocycles. The molecule has 1 heterocycles. The summed E-state index contributed by atoms with van der Waals surface area (Å²) in [6, 6.07) is 3.35. The van der Waals surface area contributed by atoms with Gasteiger partial charge in [0.15, 0.2) is 0 Å². The molecule has 0 amide bonds. The second-order valence-electron chi connectivity index (χ2n) is 3.37. The Kier molecular flexibility index (Phi) is 3.10. The van der Waals surface area contributed by atoms with Crippen LogP contribution in [0.2, 0.25) is 0 Å². The first-order valence-corrected chi connectivity index (χ1v) is 4.81. The van der Waals surface area contributed by atoms with E-state index in [1.165, 1.54) is 16.9 Å². The van der Waals surface area contributed by atoms with E-state index in [9.17, 15) is 13.2 Å². The topological polar surface area (TPSA) is 56.7 Å². The van der Waals surface area contributed by atoms with Crippen molar-refractivity contribution in [1.82, 2.24) is 15.0 Å². The molecule has 2 rings (SSSR count). The zero-order valence-corrected chi connectivity index (χ0v) is 8.65. The van der Waals surface area contributed by atoms with E-state index in [4.69, 9.17) is 5.73 Å². The van der Waals surface area contributed by atoms with E-state index in [0.29, 0.717) is 11.4 Å². The third kappa shape index (κ3) is 2.28. The number of benzene rings is 1. The smallest absolute Gasteiger partial charge is 0.266 e. The van der Waals surface area contributed by atoms with Gasteiger partial charge < -0.3 is 5.73 Å². The Hall–Kier alpha value is -1.89. The summed E-state index contributed by atoms with van der Waals surface area (Å²) in [5.74, 6) is -0.942. The fraction of sp³-hybridized carbons (Fsp3) is 0.200. The second-order valence-corrected chi connectivity index (χ2v) is 3.37. The maximum absolute atomic E-state index is 13.1. The van der Waals surface area contributed by atoms with Crippen LogP contribution < -0.4 is 5.73 Å². The third-order valence-electron chi connectivity index (χ3n) is 2.23. The Bertz CT molecular complexity index is 524. The lowest BCUT2D eigenvalue weighted by atomic mass is 10.2. The van der Waals surface area contributed by atoms with Crippen molar-refractivity contribution in [3.8, 4) is 5.69 Å². The number of nitrogens with two attached hydrogens (primary N) is 1. The van der Waals surface area contributed by atoms with Crippen molar-refractivity contribution in [2.45, 2.75) is 13.0 Å². The number of rotatable bonds is 3. The van der Waals surface area contributed by atoms with Crippen molar-refractivity contribution in [2.24, 2.45) is 5.73 Å². The van der Waals surface area contributed by atoms with Gasteiger partial charge in [0.05, 0.1) is 23.1 Å². The normalized spacial score (nSPS) is 11.1. The average molecular weight is 242 g/mol. The predicted molar refractivity (Wildman–Crippen MR) is 54.2 cm³/mol. The molecule has 1 aromatic carbocycles. The highest BCUT2D eigenvalue weighted by Crippen LogP contribution is 2.24. The highest BCUT2D eigenvalue weighted by molar-refractivity contribution is 5.36. The SMILES string of the molecule is NCc1cn(-c2ccc(F)c(C(F)F)c2)nn1. The molecule has 0 saturated carbocycles. The molecular formula is C10H9F3N4. The van der Waals surface area contributed by atoms with Gasteiger partial charge in [0.2, 0.25) is 0 Å². The number of hydrogen-bond acceptors (Lipinski definition) is 3. The molecule has 0 aliphatic heterocycles. The van der Waals surface area contributed by atoms with E-state index in [1.807, 2.05) is 0 Å². The van der Waals surface area contributed by atoms with E-state index in [0.717, 1.165) is 12.1 Å². The molecule has 2 aromatic rings. The Balaban J connectivity index is 2.42. The Morgan fingerprint density at radius 1 is 1.35 bits per heavy atom. The summed E-state index contributed by atoms with van der Waals surface area (Å²) in [6.45, 7) is 0.197. The summed E-state index contributed by atoms with van der Waals surface area (Å²) in [6.07, 6.45) is -1.37. The highest BCUT2D eigenvalue weighted by Gasteiger charge is 2.14. The van der Waals surface area contributed by atoms with Crippen LogP contribution >= 0.6 is 0 Å². The Labute approximate surface area is 94.9 Å². The van der Waals surface area contributed by atoms with Crippen LogP contribution in [0, 0.1) is 5.82 Å². The summed E-state index contributed by atoms with van der Waals surface area (Å²) in [5.41, 5.74) is 5.52. The minimum Gasteiger partial charge on any atom is -0.325 e. The zero-order chi connectivity index (χ0) is 12.4. The molecule has 0 aliphatic rings. The minimum atomic E-state index is -2.87. The summed E-state index contributed by atoms with van der Waals surface area (Å²) >= 11 is 0. The molecule has 2 N–H and O–H groups in total. The fourth-order valence-electron chi connectivity index (χ4n) is 1.36. The summed E-state index contributed by atoms with van der Waals surface area (Å²) < 4.78 is 39.3. The van der Waals surface area contributed by atoms with Crippen molar-refractivity contribution in [3.63, 3.8) is 0 Å². The largest absolute Gasteiger partial charge is 0.325 e. The minimum absolute atomic E-state index is 0.197. The molecule has 7 heteroatoms. The van der Waals surface area contributed by atoms with Crippen molar-refractivity contribution in [2.75, 3.05) is 0 Å². The summed E-state index contributed by atoms with van der Waals surface area (Å²) in [7, 11) is 0. The van der Waals surface area contributed by atoms with E-state index in [1.54, 1.807) is 0 Å². The number of alkyl halides is 2. The third-order valence-corrected chi connectivity index (χ3v) is 2.23. The first-order valence-electron chi connectivity index (χ1n) is 4.81. The molecule has 17 heavy (non-hydrogen) atoms. The molecule has 0 bridgehead atoms. The second kappa shape index (κ2) is 4.54. The van der Waals surface area contributed by atoms with Crippen LogP contribution in [0.15, 0.2) is 24.4 Å². The maximum atomic E-state index is 13.1. The van der Waals surface area contributed by atoms with Crippen molar-refractivity contribution >= 4 is 0 Å². The van der Waals surface area contributed by atoms with Crippen LogP contribution in [0.4, 0.5) is 13.2 Å². The molecule has 0 radical (unpaired) electrons. The first kappa shape index (κ1) is 11.6. The van der Waals surface area contributed by atoms with Crippen LogP contribution in [-0.2, 0) is 6.54 Å². The van der Waals surface area contributed by atoms with E-state index < -0.39 is 17.8 Å². The van der Waals surface area contributed by atoms with Crippen molar-refractivity contribution < 1.29 is 13.2 Å². The zero-order valence-electron chi connectivity index (χ0n) is 8.65. The van der Waals surface area contributed by atoms with Crippen LogP contribution in [0.3, 0.4) is 0 Å². The van der Waals surface area contributed by atoms with Crippen molar-refractivity contribution in [3.05, 3.63) is 41.5 Å². The van der Waals surface area contributed by atoms with Gasteiger partial charge in [0.1, 0.15) is 5.82 Å². The molecule has 1 aromatic heterocycles. The van der Waals surface area contributed by atoms with Gasteiger partial charge in [0.25, 0.3) is 6.43 Å². The van der Waals surface area contributed by atoms with Crippen LogP contribution in [0.5, 0.6) is 0 Å². The molecular weight excluding hydrogens is 233 g/mol. The summed E-state index contributed by atoms with van der Waals surface area (Å²) in [4.78, 5) is 0. The molecule has 0 fully saturated rings. The Morgan fingerprint density at radius 2 is 2.12 bits per heavy atom. The lowest BCUT2D eigenvalue weighted by molar-refractivity contribution is 0.146. The fourth-order valence-corrected chi connectivity index (χ4v) is 1.36. The van der Waals surface area contributed by atoms with Crippen molar-refractivity contribution in [1.29, 1.82) is 0 Å². The molecule has 90 valence electrons. The monoisotopic (exact) mass is 242 g/mol. The highest BCUT2D eigenvalue weighted by atomic mass is 19.3. The van der Waals surface area contributed by atoms with Crippen LogP contribution in [-0.4, -0.2) is 15.0 Å². The van der Waals surface area contributed by atoms with Gasteiger partial charge in [-0.05, 0) is 18.2 Å². The number of aromatic nitrogens is 3. The lowest BCUT2D eigenvalue weighted by Gasteiger charge is -2.05. The molecule has 0 aliphatic carbocycles. The Morgan fingerprint density at radius 3 is 2.71 bits per heavy atom. The molecule has 0 spiro atoms. The number of nitrogens with zero attached hydrogens (tertiary/aromatic N) is 3. The first-order chi connectivity index (χ1) is 8.11. The molecule has 0 unspecified atom stereocenters. The van der Waals surface area contributed by atoms with Gasteiger partial charge in [-0.3, -0.25) is 0 Å². The molecule has 0 atom stereocenters. The van der Waals surface area contributed by atoms with E-state index >= 15 is 0 Å².